The van der Waals surface area contributed by atoms with Gasteiger partial charge in [0, 0.05) is 30.8 Å². The van der Waals surface area contributed by atoms with Gasteiger partial charge in [-0.2, -0.15) is 0 Å². The topological polar surface area (TPSA) is 87.7 Å². The molecule has 2 aromatic rings. The van der Waals surface area contributed by atoms with Gasteiger partial charge in [0.1, 0.15) is 11.5 Å². The fourth-order valence-electron chi connectivity index (χ4n) is 3.65. The third-order valence-corrected chi connectivity index (χ3v) is 5.19. The van der Waals surface area contributed by atoms with Gasteiger partial charge in [0.05, 0.1) is 59.1 Å². The first-order valence-corrected chi connectivity index (χ1v) is 10.9. The summed E-state index contributed by atoms with van der Waals surface area (Å²) >= 11 is 0. The maximum absolute atomic E-state index is 13.2. The molecule has 180 valence electrons. The van der Waals surface area contributed by atoms with Crippen LogP contribution in [0.15, 0.2) is 24.3 Å². The molecule has 1 aliphatic rings. The number of carbonyl (C=O) groups is 1. The molecule has 9 heteroatoms. The van der Waals surface area contributed by atoms with Crippen LogP contribution in [0.3, 0.4) is 0 Å². The Bertz CT molecular complexity index is 933. The number of amides is 1. The van der Waals surface area contributed by atoms with Crippen molar-refractivity contribution in [1.82, 2.24) is 0 Å². The van der Waals surface area contributed by atoms with E-state index in [4.69, 9.17) is 28.4 Å². The van der Waals surface area contributed by atoms with Gasteiger partial charge in [-0.1, -0.05) is 0 Å². The minimum atomic E-state index is -0.350. The third kappa shape index (κ3) is 5.54. The monoisotopic (exact) mass is 460 g/mol. The maximum atomic E-state index is 13.2. The summed E-state index contributed by atoms with van der Waals surface area (Å²) in [6.45, 7) is 7.56. The van der Waals surface area contributed by atoms with E-state index in [2.05, 4.69) is 10.2 Å². The van der Waals surface area contributed by atoms with Crippen molar-refractivity contribution in [2.75, 3.05) is 71.1 Å². The summed E-state index contributed by atoms with van der Waals surface area (Å²) in [6, 6.07) is 6.91. The molecule has 3 rings (SSSR count). The highest BCUT2D eigenvalue weighted by Crippen LogP contribution is 2.41. The highest BCUT2D eigenvalue weighted by atomic mass is 16.5. The van der Waals surface area contributed by atoms with Gasteiger partial charge in [0.2, 0.25) is 5.75 Å². The third-order valence-electron chi connectivity index (χ3n) is 5.19. The van der Waals surface area contributed by atoms with E-state index in [0.717, 1.165) is 18.8 Å². The summed E-state index contributed by atoms with van der Waals surface area (Å²) in [7, 11) is 4.52. The molecular weight excluding hydrogens is 428 g/mol. The van der Waals surface area contributed by atoms with E-state index in [1.807, 2.05) is 19.9 Å². The quantitative estimate of drug-likeness (QED) is 0.576. The highest BCUT2D eigenvalue weighted by Gasteiger charge is 2.22. The standard InChI is InChI=1S/C24H32N2O7/c1-6-32-19-15-18(26-8-10-31-11-9-26)20(33-7-2)14-17(19)25-24(27)16-12-21(28-3)23(30-5)22(13-16)29-4/h12-15H,6-11H2,1-5H3,(H,25,27). The predicted molar refractivity (Wildman–Crippen MR) is 126 cm³/mol. The van der Waals surface area contributed by atoms with Crippen LogP contribution in [0.1, 0.15) is 24.2 Å². The van der Waals surface area contributed by atoms with Gasteiger partial charge in [0.15, 0.2) is 11.5 Å². The number of carbonyl (C=O) groups excluding carboxylic acids is 1. The van der Waals surface area contributed by atoms with Crippen molar-refractivity contribution in [2.24, 2.45) is 0 Å². The Morgan fingerprint density at radius 2 is 1.48 bits per heavy atom. The second-order valence-corrected chi connectivity index (χ2v) is 7.15. The molecule has 1 amide bonds. The van der Waals surface area contributed by atoms with Crippen LogP contribution in [0.4, 0.5) is 11.4 Å². The molecule has 33 heavy (non-hydrogen) atoms. The average molecular weight is 461 g/mol. The predicted octanol–water partition coefficient (Wildman–Crippen LogP) is 3.60. The number of hydrogen-bond acceptors (Lipinski definition) is 8. The summed E-state index contributed by atoms with van der Waals surface area (Å²) in [6.07, 6.45) is 0. The molecule has 1 N–H and O–H groups in total. The molecule has 1 aliphatic heterocycles. The van der Waals surface area contributed by atoms with Gasteiger partial charge in [-0.05, 0) is 26.0 Å². The smallest absolute Gasteiger partial charge is 0.256 e. The average Bonchev–Trinajstić information content (AvgIpc) is 2.85. The zero-order valence-corrected chi connectivity index (χ0v) is 19.9. The molecule has 2 aromatic carbocycles. The molecule has 1 fully saturated rings. The van der Waals surface area contributed by atoms with Gasteiger partial charge in [0.25, 0.3) is 5.91 Å². The number of benzene rings is 2. The van der Waals surface area contributed by atoms with Gasteiger partial charge in [-0.15, -0.1) is 0 Å². The van der Waals surface area contributed by atoms with E-state index in [0.29, 0.717) is 66.4 Å². The Kier molecular flexibility index (Phi) is 8.48. The lowest BCUT2D eigenvalue weighted by atomic mass is 10.1. The maximum Gasteiger partial charge on any atom is 0.256 e. The number of rotatable bonds is 10. The summed E-state index contributed by atoms with van der Waals surface area (Å²) in [4.78, 5) is 15.4. The van der Waals surface area contributed by atoms with Gasteiger partial charge >= 0.3 is 0 Å². The number of morpholine rings is 1. The van der Waals surface area contributed by atoms with E-state index in [1.54, 1.807) is 18.2 Å². The van der Waals surface area contributed by atoms with Crippen molar-refractivity contribution in [3.8, 4) is 28.7 Å². The number of nitrogens with one attached hydrogen (secondary N) is 1. The van der Waals surface area contributed by atoms with Gasteiger partial charge in [-0.25, -0.2) is 0 Å². The molecule has 0 saturated carbocycles. The Morgan fingerprint density at radius 3 is 2.03 bits per heavy atom. The minimum Gasteiger partial charge on any atom is -0.493 e. The van der Waals surface area contributed by atoms with Crippen LogP contribution in [-0.4, -0.2) is 66.8 Å². The van der Waals surface area contributed by atoms with E-state index in [-0.39, 0.29) is 5.91 Å². The first-order valence-electron chi connectivity index (χ1n) is 10.9. The van der Waals surface area contributed by atoms with Crippen LogP contribution in [0.5, 0.6) is 28.7 Å². The Morgan fingerprint density at radius 1 is 0.879 bits per heavy atom. The fraction of sp³-hybridized carbons (Fsp3) is 0.458. The fourth-order valence-corrected chi connectivity index (χ4v) is 3.65. The van der Waals surface area contributed by atoms with Crippen LogP contribution in [0.2, 0.25) is 0 Å². The number of ether oxygens (including phenoxy) is 6. The number of nitrogens with zero attached hydrogens (tertiary/aromatic N) is 1. The minimum absolute atomic E-state index is 0.349. The zero-order valence-electron chi connectivity index (χ0n) is 19.9. The SMILES string of the molecule is CCOc1cc(N2CCOCC2)c(OCC)cc1NC(=O)c1cc(OC)c(OC)c(OC)c1. The second kappa shape index (κ2) is 11.5. The molecule has 0 radical (unpaired) electrons. The lowest BCUT2D eigenvalue weighted by Gasteiger charge is -2.31. The van der Waals surface area contributed by atoms with Crippen molar-refractivity contribution in [3.05, 3.63) is 29.8 Å². The van der Waals surface area contributed by atoms with Crippen LogP contribution in [-0.2, 0) is 4.74 Å². The van der Waals surface area contributed by atoms with Crippen LogP contribution >= 0.6 is 0 Å². The molecule has 0 aliphatic carbocycles. The molecule has 0 aromatic heterocycles. The highest BCUT2D eigenvalue weighted by molar-refractivity contribution is 6.06. The largest absolute Gasteiger partial charge is 0.493 e. The number of anilines is 2. The Hall–Kier alpha value is -3.33. The van der Waals surface area contributed by atoms with E-state index in [9.17, 15) is 4.79 Å². The molecule has 1 saturated heterocycles. The van der Waals surface area contributed by atoms with E-state index in [1.165, 1.54) is 21.3 Å². The van der Waals surface area contributed by atoms with Crippen LogP contribution in [0, 0.1) is 0 Å². The molecule has 9 nitrogen and oxygen atoms in total. The first-order chi connectivity index (χ1) is 16.1. The summed E-state index contributed by atoms with van der Waals surface area (Å²) in [5.41, 5.74) is 1.77. The van der Waals surface area contributed by atoms with Gasteiger partial charge in [-0.3, -0.25) is 4.79 Å². The lowest BCUT2D eigenvalue weighted by Crippen LogP contribution is -2.36. The molecule has 0 spiro atoms. The van der Waals surface area contributed by atoms with E-state index < -0.39 is 0 Å². The molecular formula is C24H32N2O7. The summed E-state index contributed by atoms with van der Waals surface area (Å²) < 4.78 is 33.3. The van der Waals surface area contributed by atoms with Crippen LogP contribution < -0.4 is 33.9 Å². The second-order valence-electron chi connectivity index (χ2n) is 7.15. The normalized spacial score (nSPS) is 13.3. The summed E-state index contributed by atoms with van der Waals surface area (Å²) in [5, 5.41) is 2.94. The Balaban J connectivity index is 1.98. The molecule has 0 atom stereocenters. The van der Waals surface area contributed by atoms with Crippen molar-refractivity contribution in [3.63, 3.8) is 0 Å². The number of hydrogen-bond donors (Lipinski definition) is 1. The van der Waals surface area contributed by atoms with Crippen molar-refractivity contribution in [2.45, 2.75) is 13.8 Å². The zero-order chi connectivity index (χ0) is 23.8. The van der Waals surface area contributed by atoms with Crippen molar-refractivity contribution < 1.29 is 33.2 Å². The molecule has 1 heterocycles. The summed E-state index contributed by atoms with van der Waals surface area (Å²) in [5.74, 6) is 2.08. The van der Waals surface area contributed by atoms with Gasteiger partial charge < -0.3 is 38.6 Å². The van der Waals surface area contributed by atoms with Crippen molar-refractivity contribution in [1.29, 1.82) is 0 Å². The lowest BCUT2D eigenvalue weighted by molar-refractivity contribution is 0.102. The Labute approximate surface area is 194 Å². The van der Waals surface area contributed by atoms with E-state index >= 15 is 0 Å². The molecule has 0 bridgehead atoms. The number of methoxy groups -OCH3 is 3. The first kappa shape index (κ1) is 24.3. The van der Waals surface area contributed by atoms with Crippen LogP contribution in [0.25, 0.3) is 0 Å². The van der Waals surface area contributed by atoms with Crippen molar-refractivity contribution >= 4 is 17.3 Å². The molecule has 0 unspecified atom stereocenters.